The Morgan fingerprint density at radius 2 is 1.43 bits per heavy atom. The van der Waals surface area contributed by atoms with E-state index in [-0.39, 0.29) is 18.0 Å². The van der Waals surface area contributed by atoms with E-state index in [2.05, 4.69) is 34.9 Å². The first-order valence-electron chi connectivity index (χ1n) is 9.53. The van der Waals surface area contributed by atoms with Crippen LogP contribution in [0.4, 0.5) is 0 Å². The summed E-state index contributed by atoms with van der Waals surface area (Å²) < 4.78 is 5.36. The van der Waals surface area contributed by atoms with Gasteiger partial charge >= 0.3 is 0 Å². The van der Waals surface area contributed by atoms with Crippen molar-refractivity contribution in [1.29, 1.82) is 0 Å². The number of carbonyl (C=O) groups is 1. The van der Waals surface area contributed by atoms with Crippen LogP contribution in [-0.4, -0.2) is 19.1 Å². The summed E-state index contributed by atoms with van der Waals surface area (Å²) in [5.41, 5.74) is 3.32. The number of nitrogens with two attached hydrogens (primary N) is 1. The molecule has 0 aliphatic heterocycles. The molecule has 0 spiro atoms. The number of ether oxygens (including phenoxy) is 1. The highest BCUT2D eigenvalue weighted by Crippen LogP contribution is 2.18. The molecule has 28 heavy (non-hydrogen) atoms. The summed E-state index contributed by atoms with van der Waals surface area (Å²) in [5.74, 6) is 0.786. The number of methoxy groups -OCH3 is 1. The number of hydrogen-bond acceptors (Lipinski definition) is 2. The SMILES string of the molecule is COc1ccccc1CNC(=O)[C@H](C)[NH2+]C(c1ccccc1)c1ccccc1. The molecule has 0 saturated carbocycles. The molecular weight excluding hydrogens is 348 g/mol. The third-order valence-electron chi connectivity index (χ3n) is 4.86. The lowest BCUT2D eigenvalue weighted by Gasteiger charge is -2.21. The molecule has 0 unspecified atom stereocenters. The van der Waals surface area contributed by atoms with Crippen molar-refractivity contribution in [2.45, 2.75) is 25.6 Å². The maximum absolute atomic E-state index is 12.7. The molecule has 4 nitrogen and oxygen atoms in total. The van der Waals surface area contributed by atoms with Crippen LogP contribution in [0.3, 0.4) is 0 Å². The molecule has 0 aliphatic carbocycles. The Hall–Kier alpha value is -3.11. The Kier molecular flexibility index (Phi) is 6.82. The molecule has 0 fully saturated rings. The van der Waals surface area contributed by atoms with Crippen molar-refractivity contribution in [3.63, 3.8) is 0 Å². The molecule has 3 aromatic carbocycles. The van der Waals surface area contributed by atoms with E-state index in [9.17, 15) is 4.79 Å². The number of amides is 1. The number of rotatable bonds is 8. The zero-order valence-corrected chi connectivity index (χ0v) is 16.3. The second kappa shape index (κ2) is 9.72. The number of carbonyl (C=O) groups excluding carboxylic acids is 1. The molecule has 3 rings (SSSR count). The molecule has 1 atom stereocenters. The molecule has 0 heterocycles. The van der Waals surface area contributed by atoms with Gasteiger partial charge in [0.25, 0.3) is 5.91 Å². The maximum atomic E-state index is 12.7. The minimum atomic E-state index is -0.236. The van der Waals surface area contributed by atoms with Crippen LogP contribution in [-0.2, 0) is 11.3 Å². The summed E-state index contributed by atoms with van der Waals surface area (Å²) in [4.78, 5) is 12.7. The minimum Gasteiger partial charge on any atom is -0.496 e. The molecule has 144 valence electrons. The van der Waals surface area contributed by atoms with Crippen molar-refractivity contribution in [2.24, 2.45) is 0 Å². The number of para-hydroxylation sites is 1. The average molecular weight is 375 g/mol. The van der Waals surface area contributed by atoms with Crippen molar-refractivity contribution < 1.29 is 14.8 Å². The van der Waals surface area contributed by atoms with E-state index in [1.165, 1.54) is 11.1 Å². The molecule has 0 bridgehead atoms. The molecule has 1 amide bonds. The smallest absolute Gasteiger partial charge is 0.278 e. The van der Waals surface area contributed by atoms with E-state index in [4.69, 9.17) is 4.74 Å². The number of quaternary nitrogens is 1. The van der Waals surface area contributed by atoms with E-state index < -0.39 is 0 Å². The zero-order chi connectivity index (χ0) is 19.8. The van der Waals surface area contributed by atoms with Crippen LogP contribution in [0.5, 0.6) is 5.75 Å². The predicted molar refractivity (Wildman–Crippen MR) is 111 cm³/mol. The molecule has 0 radical (unpaired) electrons. The highest BCUT2D eigenvalue weighted by Gasteiger charge is 2.24. The van der Waals surface area contributed by atoms with E-state index in [1.807, 2.05) is 67.6 Å². The lowest BCUT2D eigenvalue weighted by molar-refractivity contribution is -0.704. The van der Waals surface area contributed by atoms with Gasteiger partial charge in [0.05, 0.1) is 7.11 Å². The maximum Gasteiger partial charge on any atom is 0.278 e. The van der Waals surface area contributed by atoms with Gasteiger partial charge in [-0.1, -0.05) is 78.9 Å². The molecule has 4 heteroatoms. The fourth-order valence-corrected chi connectivity index (χ4v) is 3.30. The summed E-state index contributed by atoms with van der Waals surface area (Å²) in [7, 11) is 1.64. The highest BCUT2D eigenvalue weighted by atomic mass is 16.5. The van der Waals surface area contributed by atoms with Crippen molar-refractivity contribution in [3.8, 4) is 5.75 Å². The van der Waals surface area contributed by atoms with Gasteiger partial charge in [-0.3, -0.25) is 4.79 Å². The fraction of sp³-hybridized carbons (Fsp3) is 0.208. The lowest BCUT2D eigenvalue weighted by atomic mass is 9.98. The average Bonchev–Trinajstić information content (AvgIpc) is 2.77. The number of nitrogens with one attached hydrogen (secondary N) is 1. The first-order chi connectivity index (χ1) is 13.7. The van der Waals surface area contributed by atoms with Crippen molar-refractivity contribution in [2.75, 3.05) is 7.11 Å². The zero-order valence-electron chi connectivity index (χ0n) is 16.3. The molecule has 3 aromatic rings. The van der Waals surface area contributed by atoms with E-state index in [1.54, 1.807) is 7.11 Å². The minimum absolute atomic E-state index is 0.00256. The van der Waals surface area contributed by atoms with Crippen LogP contribution < -0.4 is 15.4 Å². The van der Waals surface area contributed by atoms with Gasteiger partial charge in [0.1, 0.15) is 11.8 Å². The Morgan fingerprint density at radius 3 is 2.00 bits per heavy atom. The van der Waals surface area contributed by atoms with E-state index in [0.29, 0.717) is 6.54 Å². The molecule has 0 aliphatic rings. The van der Waals surface area contributed by atoms with Gasteiger partial charge in [-0.15, -0.1) is 0 Å². The largest absolute Gasteiger partial charge is 0.496 e. The number of hydrogen-bond donors (Lipinski definition) is 2. The van der Waals surface area contributed by atoms with Crippen LogP contribution in [0, 0.1) is 0 Å². The van der Waals surface area contributed by atoms with E-state index >= 15 is 0 Å². The third kappa shape index (κ3) is 4.99. The van der Waals surface area contributed by atoms with Crippen LogP contribution in [0.1, 0.15) is 29.7 Å². The first kappa shape index (κ1) is 19.6. The van der Waals surface area contributed by atoms with Gasteiger partial charge in [0.15, 0.2) is 6.04 Å². The highest BCUT2D eigenvalue weighted by molar-refractivity contribution is 5.79. The van der Waals surface area contributed by atoms with Gasteiger partial charge in [-0.05, 0) is 13.0 Å². The van der Waals surface area contributed by atoms with Gasteiger partial charge in [-0.25, -0.2) is 0 Å². The van der Waals surface area contributed by atoms with Gasteiger partial charge in [0.2, 0.25) is 0 Å². The van der Waals surface area contributed by atoms with Crippen LogP contribution in [0.2, 0.25) is 0 Å². The van der Waals surface area contributed by atoms with E-state index in [0.717, 1.165) is 11.3 Å². The van der Waals surface area contributed by atoms with Crippen LogP contribution in [0.25, 0.3) is 0 Å². The van der Waals surface area contributed by atoms with Crippen molar-refractivity contribution in [1.82, 2.24) is 5.32 Å². The molecule has 3 N–H and O–H groups in total. The number of benzene rings is 3. The van der Waals surface area contributed by atoms with Crippen molar-refractivity contribution in [3.05, 3.63) is 102 Å². The second-order valence-corrected chi connectivity index (χ2v) is 6.81. The second-order valence-electron chi connectivity index (χ2n) is 6.81. The fourth-order valence-electron chi connectivity index (χ4n) is 3.30. The van der Waals surface area contributed by atoms with Gasteiger partial charge < -0.3 is 15.4 Å². The first-order valence-corrected chi connectivity index (χ1v) is 9.53. The summed E-state index contributed by atoms with van der Waals surface area (Å²) in [6, 6.07) is 28.1. The molecule has 0 aromatic heterocycles. The van der Waals surface area contributed by atoms with Gasteiger partial charge in [0, 0.05) is 23.2 Å². The summed E-state index contributed by atoms with van der Waals surface area (Å²) >= 11 is 0. The Balaban J connectivity index is 1.69. The lowest BCUT2D eigenvalue weighted by Crippen LogP contribution is -2.92. The third-order valence-corrected chi connectivity index (χ3v) is 4.86. The van der Waals surface area contributed by atoms with Crippen LogP contribution in [0.15, 0.2) is 84.9 Å². The quantitative estimate of drug-likeness (QED) is 0.636. The predicted octanol–water partition coefficient (Wildman–Crippen LogP) is 3.05. The standard InChI is InChI=1S/C24H26N2O2/c1-18(24(27)25-17-21-15-9-10-16-22(21)28-2)26-23(19-11-5-3-6-12-19)20-13-7-4-8-14-20/h3-16,18,23,26H,17H2,1-2H3,(H,25,27)/p+1/t18-/m0/s1. The van der Waals surface area contributed by atoms with Gasteiger partial charge in [-0.2, -0.15) is 0 Å². The summed E-state index contributed by atoms with van der Waals surface area (Å²) in [6.07, 6.45) is 0. The Bertz CT molecular complexity index is 842. The molecule has 0 saturated heterocycles. The van der Waals surface area contributed by atoms with Crippen molar-refractivity contribution >= 4 is 5.91 Å². The summed E-state index contributed by atoms with van der Waals surface area (Å²) in [6.45, 7) is 2.39. The topological polar surface area (TPSA) is 54.9 Å². The monoisotopic (exact) mass is 375 g/mol. The Morgan fingerprint density at radius 1 is 0.893 bits per heavy atom. The molecular formula is C24H27N2O2+. The van der Waals surface area contributed by atoms with Crippen LogP contribution >= 0.6 is 0 Å². The Labute approximate surface area is 166 Å². The summed E-state index contributed by atoms with van der Waals surface area (Å²) in [5, 5.41) is 5.14. The normalized spacial score (nSPS) is 11.8.